The molecule has 0 saturated heterocycles. The third-order valence-electron chi connectivity index (χ3n) is 4.68. The third kappa shape index (κ3) is 5.19. The molecule has 9 nitrogen and oxygen atoms in total. The molecular formula is C21H23N7O2. The van der Waals surface area contributed by atoms with Crippen molar-refractivity contribution in [2.45, 2.75) is 32.1 Å². The summed E-state index contributed by atoms with van der Waals surface area (Å²) in [6.07, 6.45) is 4.16. The number of carbonyl (C=O) groups is 2. The van der Waals surface area contributed by atoms with Crippen LogP contribution in [0.3, 0.4) is 0 Å². The second kappa shape index (κ2) is 8.73. The summed E-state index contributed by atoms with van der Waals surface area (Å²) in [4.78, 5) is 32.6. The molecule has 9 heteroatoms. The van der Waals surface area contributed by atoms with Crippen molar-refractivity contribution in [2.24, 2.45) is 0 Å². The third-order valence-corrected chi connectivity index (χ3v) is 4.68. The predicted molar refractivity (Wildman–Crippen MR) is 113 cm³/mol. The van der Waals surface area contributed by atoms with E-state index in [0.717, 1.165) is 29.8 Å². The van der Waals surface area contributed by atoms with E-state index >= 15 is 0 Å². The zero-order chi connectivity index (χ0) is 20.9. The molecule has 2 aromatic heterocycles. The number of amides is 3. The maximum absolute atomic E-state index is 12.0. The number of benzene rings is 1. The van der Waals surface area contributed by atoms with Crippen LogP contribution >= 0.6 is 0 Å². The lowest BCUT2D eigenvalue weighted by molar-refractivity contribution is -0.116. The Balaban J connectivity index is 1.20. The van der Waals surface area contributed by atoms with Crippen LogP contribution in [0.4, 0.5) is 16.3 Å². The van der Waals surface area contributed by atoms with E-state index in [2.05, 4.69) is 36.1 Å². The molecule has 0 unspecified atom stereocenters. The predicted octanol–water partition coefficient (Wildman–Crippen LogP) is 3.20. The molecule has 154 valence electrons. The van der Waals surface area contributed by atoms with Crippen molar-refractivity contribution in [3.8, 4) is 11.4 Å². The summed E-state index contributed by atoms with van der Waals surface area (Å²) in [5, 5.41) is 15.3. The monoisotopic (exact) mass is 405 g/mol. The molecule has 1 fully saturated rings. The largest absolute Gasteiger partial charge is 0.337 e. The quantitative estimate of drug-likeness (QED) is 0.480. The van der Waals surface area contributed by atoms with E-state index in [1.807, 2.05) is 25.1 Å². The van der Waals surface area contributed by atoms with E-state index in [1.165, 1.54) is 0 Å². The van der Waals surface area contributed by atoms with Crippen molar-refractivity contribution in [1.29, 1.82) is 0 Å². The summed E-state index contributed by atoms with van der Waals surface area (Å²) in [5.41, 5.74) is 2.54. The van der Waals surface area contributed by atoms with Crippen LogP contribution in [0.2, 0.25) is 0 Å². The molecular weight excluding hydrogens is 382 g/mol. The Kier molecular flexibility index (Phi) is 5.69. The van der Waals surface area contributed by atoms with Gasteiger partial charge in [-0.05, 0) is 55.7 Å². The van der Waals surface area contributed by atoms with E-state index in [1.54, 1.807) is 24.4 Å². The van der Waals surface area contributed by atoms with Gasteiger partial charge in [0.2, 0.25) is 5.91 Å². The summed E-state index contributed by atoms with van der Waals surface area (Å²) in [7, 11) is 0. The highest BCUT2D eigenvalue weighted by Gasteiger charge is 2.27. The van der Waals surface area contributed by atoms with Gasteiger partial charge in [-0.15, -0.1) is 0 Å². The highest BCUT2D eigenvalue weighted by atomic mass is 16.2. The number of hydrogen-bond donors (Lipinski definition) is 4. The summed E-state index contributed by atoms with van der Waals surface area (Å²) in [5.74, 6) is 2.39. The highest BCUT2D eigenvalue weighted by Crippen LogP contribution is 2.38. The van der Waals surface area contributed by atoms with E-state index in [-0.39, 0.29) is 24.9 Å². The van der Waals surface area contributed by atoms with Gasteiger partial charge in [-0.2, -0.15) is 5.10 Å². The molecule has 0 spiro atoms. The van der Waals surface area contributed by atoms with Gasteiger partial charge >= 0.3 is 6.03 Å². The van der Waals surface area contributed by atoms with Gasteiger partial charge in [-0.1, -0.05) is 6.07 Å². The standard InChI is InChI=1S/C21H23N7O2/c1-13-2-9-17(23-12-13)25-18(29)10-11-22-21(30)24-16-7-5-15(6-8-16)20-26-19(27-28-20)14-3-4-14/h2,5-9,12,14H,3-4,10-11H2,1H3,(H2,22,24,30)(H,23,25,29)(H,26,27,28). The number of aromatic nitrogens is 4. The van der Waals surface area contributed by atoms with Gasteiger partial charge in [-0.25, -0.2) is 14.8 Å². The van der Waals surface area contributed by atoms with Gasteiger partial charge in [0.15, 0.2) is 5.82 Å². The SMILES string of the molecule is Cc1ccc(NC(=O)CCNC(=O)Nc2ccc(-c3n[nH]c(C4CC4)n3)cc2)nc1. The van der Waals surface area contributed by atoms with Crippen molar-refractivity contribution < 1.29 is 9.59 Å². The zero-order valence-corrected chi connectivity index (χ0v) is 16.6. The minimum atomic E-state index is -0.377. The molecule has 4 rings (SSSR count). The molecule has 3 aromatic rings. The first-order valence-corrected chi connectivity index (χ1v) is 9.87. The summed E-state index contributed by atoms with van der Waals surface area (Å²) >= 11 is 0. The van der Waals surface area contributed by atoms with Gasteiger partial charge in [0.05, 0.1) is 0 Å². The van der Waals surface area contributed by atoms with Crippen LogP contribution in [0.1, 0.15) is 36.6 Å². The molecule has 1 aliphatic carbocycles. The second-order valence-corrected chi connectivity index (χ2v) is 7.30. The van der Waals surface area contributed by atoms with Crippen molar-refractivity contribution in [3.63, 3.8) is 0 Å². The minimum absolute atomic E-state index is 0.149. The number of pyridine rings is 1. The van der Waals surface area contributed by atoms with Crippen molar-refractivity contribution in [3.05, 3.63) is 54.0 Å². The van der Waals surface area contributed by atoms with E-state index < -0.39 is 0 Å². The Morgan fingerprint density at radius 3 is 2.60 bits per heavy atom. The Hall–Kier alpha value is -3.75. The highest BCUT2D eigenvalue weighted by molar-refractivity contribution is 5.92. The van der Waals surface area contributed by atoms with Crippen LogP contribution in [-0.4, -0.2) is 38.6 Å². The molecule has 30 heavy (non-hydrogen) atoms. The molecule has 0 atom stereocenters. The lowest BCUT2D eigenvalue weighted by atomic mass is 10.2. The number of rotatable bonds is 7. The van der Waals surface area contributed by atoms with Crippen molar-refractivity contribution >= 4 is 23.4 Å². The van der Waals surface area contributed by atoms with E-state index in [4.69, 9.17) is 0 Å². The zero-order valence-electron chi connectivity index (χ0n) is 16.6. The van der Waals surface area contributed by atoms with E-state index in [0.29, 0.717) is 23.2 Å². The molecule has 1 saturated carbocycles. The van der Waals surface area contributed by atoms with Gasteiger partial charge < -0.3 is 16.0 Å². The average Bonchev–Trinajstić information content (AvgIpc) is 3.47. The lowest BCUT2D eigenvalue weighted by Crippen LogP contribution is -2.31. The maximum atomic E-state index is 12.0. The molecule has 4 N–H and O–H groups in total. The van der Waals surface area contributed by atoms with Crippen molar-refractivity contribution in [2.75, 3.05) is 17.2 Å². The first-order chi connectivity index (χ1) is 14.6. The molecule has 1 aromatic carbocycles. The number of nitrogens with zero attached hydrogens (tertiary/aromatic N) is 3. The number of carbonyl (C=O) groups excluding carboxylic acids is 2. The topological polar surface area (TPSA) is 125 Å². The molecule has 0 radical (unpaired) electrons. The van der Waals surface area contributed by atoms with Crippen LogP contribution in [0, 0.1) is 6.92 Å². The molecule has 0 aliphatic heterocycles. The van der Waals surface area contributed by atoms with Crippen LogP contribution in [0.25, 0.3) is 11.4 Å². The van der Waals surface area contributed by atoms with Crippen LogP contribution < -0.4 is 16.0 Å². The Morgan fingerprint density at radius 2 is 1.90 bits per heavy atom. The van der Waals surface area contributed by atoms with Gasteiger partial charge in [0.1, 0.15) is 11.6 Å². The number of H-pyrrole nitrogens is 1. The molecule has 2 heterocycles. The van der Waals surface area contributed by atoms with Gasteiger partial charge in [0, 0.05) is 36.3 Å². The Bertz CT molecular complexity index is 1020. The number of aryl methyl sites for hydroxylation is 1. The maximum Gasteiger partial charge on any atom is 0.319 e. The average molecular weight is 405 g/mol. The fraction of sp³-hybridized carbons (Fsp3) is 0.286. The van der Waals surface area contributed by atoms with Gasteiger partial charge in [0.25, 0.3) is 0 Å². The summed E-state index contributed by atoms with van der Waals surface area (Å²) in [6, 6.07) is 10.5. The first-order valence-electron chi connectivity index (χ1n) is 9.87. The van der Waals surface area contributed by atoms with E-state index in [9.17, 15) is 9.59 Å². The fourth-order valence-electron chi connectivity index (χ4n) is 2.86. The smallest absolute Gasteiger partial charge is 0.319 e. The lowest BCUT2D eigenvalue weighted by Gasteiger charge is -2.08. The number of hydrogen-bond acceptors (Lipinski definition) is 5. The summed E-state index contributed by atoms with van der Waals surface area (Å²) < 4.78 is 0. The molecule has 3 amide bonds. The van der Waals surface area contributed by atoms with Crippen LogP contribution in [0.5, 0.6) is 0 Å². The minimum Gasteiger partial charge on any atom is -0.337 e. The van der Waals surface area contributed by atoms with Crippen LogP contribution in [-0.2, 0) is 4.79 Å². The number of anilines is 2. The van der Waals surface area contributed by atoms with Crippen LogP contribution in [0.15, 0.2) is 42.6 Å². The number of urea groups is 1. The van der Waals surface area contributed by atoms with Gasteiger partial charge in [-0.3, -0.25) is 9.89 Å². The van der Waals surface area contributed by atoms with Crippen molar-refractivity contribution in [1.82, 2.24) is 25.5 Å². The normalized spacial score (nSPS) is 13.0. The second-order valence-electron chi connectivity index (χ2n) is 7.30. The first kappa shape index (κ1) is 19.6. The Morgan fingerprint density at radius 1 is 1.10 bits per heavy atom. The number of aromatic amines is 1. The molecule has 1 aliphatic rings. The molecule has 0 bridgehead atoms. The summed E-state index contributed by atoms with van der Waals surface area (Å²) in [6.45, 7) is 2.14. The number of nitrogens with one attached hydrogen (secondary N) is 4. The Labute approximate surface area is 173 Å². The fourth-order valence-corrected chi connectivity index (χ4v) is 2.86.